The average molecular weight is 329 g/mol. The first-order chi connectivity index (χ1) is 11.7. The topological polar surface area (TPSA) is 54.0 Å². The SMILES string of the molecule is CCCCCNC(=O)c1cc(NCCc2ccccc2F)ccn1. The first kappa shape index (κ1) is 17.9. The summed E-state index contributed by atoms with van der Waals surface area (Å²) in [6.45, 7) is 3.38. The third-order valence-corrected chi connectivity index (χ3v) is 3.74. The number of aromatic nitrogens is 1. The second-order valence-electron chi connectivity index (χ2n) is 5.66. The van der Waals surface area contributed by atoms with E-state index in [1.807, 2.05) is 6.07 Å². The maximum atomic E-state index is 13.6. The van der Waals surface area contributed by atoms with Gasteiger partial charge in [-0.1, -0.05) is 38.0 Å². The Morgan fingerprint density at radius 1 is 1.17 bits per heavy atom. The average Bonchev–Trinajstić information content (AvgIpc) is 2.60. The molecular weight excluding hydrogens is 305 g/mol. The smallest absolute Gasteiger partial charge is 0.269 e. The molecule has 1 amide bonds. The van der Waals surface area contributed by atoms with Crippen molar-refractivity contribution in [3.05, 3.63) is 59.7 Å². The second kappa shape index (κ2) is 9.65. The molecule has 4 nitrogen and oxygen atoms in total. The molecular formula is C19H24FN3O. The normalized spacial score (nSPS) is 10.4. The van der Waals surface area contributed by atoms with E-state index in [9.17, 15) is 9.18 Å². The molecule has 0 bridgehead atoms. The molecule has 1 aromatic heterocycles. The quantitative estimate of drug-likeness (QED) is 0.688. The van der Waals surface area contributed by atoms with E-state index in [2.05, 4.69) is 22.5 Å². The summed E-state index contributed by atoms with van der Waals surface area (Å²) in [5.41, 5.74) is 1.87. The van der Waals surface area contributed by atoms with Crippen molar-refractivity contribution in [1.29, 1.82) is 0 Å². The van der Waals surface area contributed by atoms with Gasteiger partial charge in [0.15, 0.2) is 0 Å². The second-order valence-corrected chi connectivity index (χ2v) is 5.66. The minimum absolute atomic E-state index is 0.163. The van der Waals surface area contributed by atoms with Crippen LogP contribution in [-0.4, -0.2) is 24.0 Å². The van der Waals surface area contributed by atoms with E-state index in [4.69, 9.17) is 0 Å². The number of hydrogen-bond donors (Lipinski definition) is 2. The van der Waals surface area contributed by atoms with Crippen molar-refractivity contribution in [2.75, 3.05) is 18.4 Å². The van der Waals surface area contributed by atoms with Gasteiger partial charge in [-0.25, -0.2) is 4.39 Å². The van der Waals surface area contributed by atoms with Gasteiger partial charge >= 0.3 is 0 Å². The van der Waals surface area contributed by atoms with Crippen LogP contribution in [0.25, 0.3) is 0 Å². The van der Waals surface area contributed by atoms with Crippen LogP contribution in [0.4, 0.5) is 10.1 Å². The molecule has 0 spiro atoms. The molecule has 0 saturated carbocycles. The van der Waals surface area contributed by atoms with Crippen LogP contribution in [0, 0.1) is 5.82 Å². The number of rotatable bonds is 9. The number of nitrogens with zero attached hydrogens (tertiary/aromatic N) is 1. The molecule has 1 aromatic carbocycles. The highest BCUT2D eigenvalue weighted by Crippen LogP contribution is 2.10. The lowest BCUT2D eigenvalue weighted by Crippen LogP contribution is -2.25. The molecule has 0 aliphatic rings. The summed E-state index contributed by atoms with van der Waals surface area (Å²) < 4.78 is 13.6. The molecule has 2 N–H and O–H groups in total. The van der Waals surface area contributed by atoms with Crippen molar-refractivity contribution in [1.82, 2.24) is 10.3 Å². The molecule has 0 unspecified atom stereocenters. The summed E-state index contributed by atoms with van der Waals surface area (Å²) in [4.78, 5) is 16.2. The number of carbonyl (C=O) groups is 1. The van der Waals surface area contributed by atoms with Gasteiger partial charge in [0.1, 0.15) is 11.5 Å². The fourth-order valence-corrected chi connectivity index (χ4v) is 2.37. The lowest BCUT2D eigenvalue weighted by Gasteiger charge is -2.09. The van der Waals surface area contributed by atoms with Crippen molar-refractivity contribution in [2.45, 2.75) is 32.6 Å². The Morgan fingerprint density at radius 2 is 2.00 bits per heavy atom. The zero-order chi connectivity index (χ0) is 17.2. The van der Waals surface area contributed by atoms with E-state index in [-0.39, 0.29) is 11.7 Å². The van der Waals surface area contributed by atoms with Crippen LogP contribution in [0.15, 0.2) is 42.6 Å². The largest absolute Gasteiger partial charge is 0.385 e. The van der Waals surface area contributed by atoms with Gasteiger partial charge in [0.25, 0.3) is 5.91 Å². The third kappa shape index (κ3) is 5.65. The highest BCUT2D eigenvalue weighted by molar-refractivity contribution is 5.93. The first-order valence-electron chi connectivity index (χ1n) is 8.42. The minimum atomic E-state index is -0.193. The summed E-state index contributed by atoms with van der Waals surface area (Å²) in [6, 6.07) is 10.3. The van der Waals surface area contributed by atoms with E-state index in [0.717, 1.165) is 24.9 Å². The lowest BCUT2D eigenvalue weighted by molar-refractivity contribution is 0.0948. The Morgan fingerprint density at radius 3 is 2.79 bits per heavy atom. The monoisotopic (exact) mass is 329 g/mol. The first-order valence-corrected chi connectivity index (χ1v) is 8.42. The molecule has 24 heavy (non-hydrogen) atoms. The summed E-state index contributed by atoms with van der Waals surface area (Å²) in [6.07, 6.45) is 5.38. The van der Waals surface area contributed by atoms with Crippen LogP contribution in [0.5, 0.6) is 0 Å². The van der Waals surface area contributed by atoms with Crippen molar-refractivity contribution in [3.63, 3.8) is 0 Å². The molecule has 0 aliphatic carbocycles. The highest BCUT2D eigenvalue weighted by atomic mass is 19.1. The summed E-state index contributed by atoms with van der Waals surface area (Å²) in [5, 5.41) is 6.08. The number of carbonyl (C=O) groups excluding carboxylic acids is 1. The Labute approximate surface area is 142 Å². The summed E-state index contributed by atoms with van der Waals surface area (Å²) >= 11 is 0. The molecule has 2 rings (SSSR count). The summed E-state index contributed by atoms with van der Waals surface area (Å²) in [7, 11) is 0. The number of pyridine rings is 1. The molecule has 0 fully saturated rings. The molecule has 0 radical (unpaired) electrons. The summed E-state index contributed by atoms with van der Waals surface area (Å²) in [5.74, 6) is -0.356. The molecule has 1 heterocycles. The van der Waals surface area contributed by atoms with Crippen LogP contribution < -0.4 is 10.6 Å². The molecule has 128 valence electrons. The maximum Gasteiger partial charge on any atom is 0.269 e. The van der Waals surface area contributed by atoms with Crippen LogP contribution in [-0.2, 0) is 6.42 Å². The Kier molecular flexibility index (Phi) is 7.21. The van der Waals surface area contributed by atoms with Crippen molar-refractivity contribution < 1.29 is 9.18 Å². The molecule has 2 aromatic rings. The van der Waals surface area contributed by atoms with Crippen LogP contribution in [0.2, 0.25) is 0 Å². The number of nitrogens with one attached hydrogen (secondary N) is 2. The van der Waals surface area contributed by atoms with Gasteiger partial charge in [0.2, 0.25) is 0 Å². The predicted octanol–water partition coefficient (Wildman–Crippen LogP) is 3.80. The number of amides is 1. The lowest BCUT2D eigenvalue weighted by atomic mass is 10.1. The van der Waals surface area contributed by atoms with Crippen LogP contribution in [0.1, 0.15) is 42.2 Å². The number of benzene rings is 1. The number of hydrogen-bond acceptors (Lipinski definition) is 3. The maximum absolute atomic E-state index is 13.6. The van der Waals surface area contributed by atoms with Crippen molar-refractivity contribution in [2.24, 2.45) is 0 Å². The molecule has 5 heteroatoms. The zero-order valence-corrected chi connectivity index (χ0v) is 14.0. The van der Waals surface area contributed by atoms with E-state index >= 15 is 0 Å². The molecule has 0 saturated heterocycles. The molecule has 0 aliphatic heterocycles. The third-order valence-electron chi connectivity index (χ3n) is 3.74. The van der Waals surface area contributed by atoms with E-state index in [0.29, 0.717) is 30.8 Å². The number of unbranched alkanes of at least 4 members (excludes halogenated alkanes) is 2. The Balaban J connectivity index is 1.84. The van der Waals surface area contributed by atoms with Crippen molar-refractivity contribution >= 4 is 11.6 Å². The fourth-order valence-electron chi connectivity index (χ4n) is 2.37. The number of anilines is 1. The van der Waals surface area contributed by atoms with Gasteiger partial charge in [-0.15, -0.1) is 0 Å². The van der Waals surface area contributed by atoms with E-state index in [1.54, 1.807) is 30.5 Å². The zero-order valence-electron chi connectivity index (χ0n) is 14.0. The van der Waals surface area contributed by atoms with Gasteiger partial charge in [0, 0.05) is 25.0 Å². The number of halogens is 1. The van der Waals surface area contributed by atoms with E-state index < -0.39 is 0 Å². The standard InChI is InChI=1S/C19H24FN3O/c1-2-3-6-11-23-19(24)18-14-16(10-13-22-18)21-12-9-15-7-4-5-8-17(15)20/h4-5,7-8,10,13-14H,2-3,6,9,11-12H2,1H3,(H,21,22)(H,23,24). The van der Waals surface area contributed by atoms with Crippen LogP contribution >= 0.6 is 0 Å². The minimum Gasteiger partial charge on any atom is -0.385 e. The van der Waals surface area contributed by atoms with E-state index in [1.165, 1.54) is 6.07 Å². The van der Waals surface area contributed by atoms with Gasteiger partial charge in [-0.2, -0.15) is 0 Å². The van der Waals surface area contributed by atoms with Gasteiger partial charge in [-0.05, 0) is 36.6 Å². The predicted molar refractivity (Wildman–Crippen MR) is 94.7 cm³/mol. The van der Waals surface area contributed by atoms with Crippen LogP contribution in [0.3, 0.4) is 0 Å². The fraction of sp³-hybridized carbons (Fsp3) is 0.368. The van der Waals surface area contributed by atoms with Crippen molar-refractivity contribution in [3.8, 4) is 0 Å². The van der Waals surface area contributed by atoms with Gasteiger partial charge in [0.05, 0.1) is 0 Å². The Hall–Kier alpha value is -2.43. The van der Waals surface area contributed by atoms with Gasteiger partial charge < -0.3 is 10.6 Å². The highest BCUT2D eigenvalue weighted by Gasteiger charge is 2.07. The Bertz CT molecular complexity index is 661. The van der Waals surface area contributed by atoms with Gasteiger partial charge in [-0.3, -0.25) is 9.78 Å². The molecule has 0 atom stereocenters.